The molecule has 1 saturated heterocycles. The maximum Gasteiger partial charge on any atom is 0.191 e. The topological polar surface area (TPSA) is 69.1 Å². The van der Waals surface area contributed by atoms with Crippen molar-refractivity contribution in [1.29, 1.82) is 0 Å². The van der Waals surface area contributed by atoms with Crippen molar-refractivity contribution in [3.63, 3.8) is 0 Å². The van der Waals surface area contributed by atoms with E-state index < -0.39 is 0 Å². The van der Waals surface area contributed by atoms with E-state index in [4.69, 9.17) is 9.73 Å². The van der Waals surface area contributed by atoms with Crippen molar-refractivity contribution in [3.05, 3.63) is 23.8 Å². The summed E-state index contributed by atoms with van der Waals surface area (Å²) in [5.74, 6) is 2.75. The minimum atomic E-state index is 0. The van der Waals surface area contributed by atoms with Gasteiger partial charge in [-0.05, 0) is 56.6 Å². The van der Waals surface area contributed by atoms with Gasteiger partial charge in [0.25, 0.3) is 0 Å². The lowest BCUT2D eigenvalue weighted by Gasteiger charge is -2.36. The Morgan fingerprint density at radius 3 is 2.55 bits per heavy atom. The van der Waals surface area contributed by atoms with Gasteiger partial charge >= 0.3 is 0 Å². The van der Waals surface area contributed by atoms with Crippen molar-refractivity contribution < 1.29 is 9.84 Å². The number of ether oxygens (including phenoxy) is 1. The largest absolute Gasteiger partial charge is 0.508 e. The van der Waals surface area contributed by atoms with Crippen LogP contribution in [0.4, 0.5) is 0 Å². The average molecular weight is 545 g/mol. The van der Waals surface area contributed by atoms with E-state index in [1.807, 2.05) is 12.1 Å². The molecule has 0 aromatic heterocycles. The molecular weight excluding hydrogens is 503 g/mol. The van der Waals surface area contributed by atoms with E-state index in [1.165, 1.54) is 64.6 Å². The van der Waals surface area contributed by atoms with Crippen LogP contribution in [0.15, 0.2) is 23.2 Å². The standard InChI is InChI=1S/C24H40N4O2.HI/c1-3-25-24(26-14-11-20-9-10-22(30-2)17-23(20)29)27-21-12-15-28(16-13-21)18-19-7-5-4-6-8-19;/h9-10,17,19,21,29H,3-8,11-16,18H2,1-2H3,(H2,25,26,27);1H. The highest BCUT2D eigenvalue weighted by molar-refractivity contribution is 14.0. The van der Waals surface area contributed by atoms with Crippen LogP contribution in [0.5, 0.6) is 11.5 Å². The van der Waals surface area contributed by atoms with Gasteiger partial charge in [0.15, 0.2) is 5.96 Å². The van der Waals surface area contributed by atoms with Gasteiger partial charge in [-0.25, -0.2) is 0 Å². The second kappa shape index (κ2) is 14.0. The monoisotopic (exact) mass is 544 g/mol. The predicted octanol–water partition coefficient (Wildman–Crippen LogP) is 4.16. The lowest BCUT2D eigenvalue weighted by Crippen LogP contribution is -2.49. The quantitative estimate of drug-likeness (QED) is 0.261. The number of likely N-dealkylation sites (tertiary alicyclic amines) is 1. The number of hydrogen-bond acceptors (Lipinski definition) is 4. The number of rotatable bonds is 8. The Morgan fingerprint density at radius 2 is 1.90 bits per heavy atom. The molecular formula is C24H41IN4O2. The number of phenols is 1. The summed E-state index contributed by atoms with van der Waals surface area (Å²) in [5, 5.41) is 17.1. The van der Waals surface area contributed by atoms with E-state index in [-0.39, 0.29) is 29.7 Å². The molecule has 6 nitrogen and oxygen atoms in total. The fourth-order valence-electron chi connectivity index (χ4n) is 4.68. The summed E-state index contributed by atoms with van der Waals surface area (Å²) >= 11 is 0. The van der Waals surface area contributed by atoms with Gasteiger partial charge < -0.3 is 25.4 Å². The lowest BCUT2D eigenvalue weighted by atomic mass is 9.88. The summed E-state index contributed by atoms with van der Waals surface area (Å²) in [6.07, 6.45) is 10.2. The summed E-state index contributed by atoms with van der Waals surface area (Å²) in [6, 6.07) is 5.93. The molecule has 0 bridgehead atoms. The Morgan fingerprint density at radius 1 is 1.16 bits per heavy atom. The van der Waals surface area contributed by atoms with Gasteiger partial charge in [-0.15, -0.1) is 24.0 Å². The van der Waals surface area contributed by atoms with E-state index in [0.717, 1.165) is 24.0 Å². The minimum Gasteiger partial charge on any atom is -0.508 e. The van der Waals surface area contributed by atoms with Gasteiger partial charge in [0, 0.05) is 44.8 Å². The molecule has 1 aromatic carbocycles. The van der Waals surface area contributed by atoms with Gasteiger partial charge in [-0.1, -0.05) is 25.3 Å². The number of piperidine rings is 1. The van der Waals surface area contributed by atoms with Crippen LogP contribution in [0.2, 0.25) is 0 Å². The molecule has 3 N–H and O–H groups in total. The van der Waals surface area contributed by atoms with Crippen molar-refractivity contribution in [3.8, 4) is 11.5 Å². The van der Waals surface area contributed by atoms with Crippen LogP contribution in [-0.2, 0) is 6.42 Å². The van der Waals surface area contributed by atoms with E-state index in [9.17, 15) is 5.11 Å². The Bertz CT molecular complexity index is 672. The van der Waals surface area contributed by atoms with E-state index in [2.05, 4.69) is 22.5 Å². The second-order valence-corrected chi connectivity index (χ2v) is 8.73. The first kappa shape index (κ1) is 26.0. The molecule has 0 amide bonds. The highest BCUT2D eigenvalue weighted by atomic mass is 127. The van der Waals surface area contributed by atoms with E-state index >= 15 is 0 Å². The fraction of sp³-hybridized carbons (Fsp3) is 0.708. The fourth-order valence-corrected chi connectivity index (χ4v) is 4.68. The number of nitrogens with zero attached hydrogens (tertiary/aromatic N) is 2. The van der Waals surface area contributed by atoms with Crippen molar-refractivity contribution in [1.82, 2.24) is 15.5 Å². The third-order valence-electron chi connectivity index (χ3n) is 6.46. The molecule has 7 heteroatoms. The molecule has 1 aliphatic carbocycles. The van der Waals surface area contributed by atoms with Crippen LogP contribution in [-0.4, -0.2) is 61.8 Å². The number of guanidine groups is 1. The van der Waals surface area contributed by atoms with Crippen LogP contribution in [0.3, 0.4) is 0 Å². The molecule has 3 rings (SSSR count). The Hall–Kier alpha value is -1.22. The molecule has 2 aliphatic rings. The second-order valence-electron chi connectivity index (χ2n) is 8.73. The number of hydrogen-bond donors (Lipinski definition) is 3. The van der Waals surface area contributed by atoms with Gasteiger partial charge in [0.1, 0.15) is 11.5 Å². The van der Waals surface area contributed by atoms with Crippen LogP contribution in [0.25, 0.3) is 0 Å². The first-order chi connectivity index (χ1) is 14.7. The third kappa shape index (κ3) is 8.67. The Kier molecular flexibility index (Phi) is 11.8. The summed E-state index contributed by atoms with van der Waals surface area (Å²) in [6.45, 7) is 7.25. The first-order valence-electron chi connectivity index (χ1n) is 11.8. The van der Waals surface area contributed by atoms with Crippen molar-refractivity contribution >= 4 is 29.9 Å². The summed E-state index contributed by atoms with van der Waals surface area (Å²) in [4.78, 5) is 7.41. The highest BCUT2D eigenvalue weighted by Gasteiger charge is 2.23. The summed E-state index contributed by atoms with van der Waals surface area (Å²) in [5.41, 5.74) is 0.895. The van der Waals surface area contributed by atoms with Crippen LogP contribution in [0, 0.1) is 5.92 Å². The minimum absolute atomic E-state index is 0. The normalized spacial score (nSPS) is 19.0. The molecule has 0 unspecified atom stereocenters. The summed E-state index contributed by atoms with van der Waals surface area (Å²) < 4.78 is 5.15. The molecule has 1 saturated carbocycles. The van der Waals surface area contributed by atoms with Crippen LogP contribution in [0.1, 0.15) is 57.4 Å². The van der Waals surface area contributed by atoms with Crippen LogP contribution < -0.4 is 15.4 Å². The molecule has 31 heavy (non-hydrogen) atoms. The molecule has 0 spiro atoms. The molecule has 1 aromatic rings. The van der Waals surface area contributed by atoms with Crippen LogP contribution >= 0.6 is 24.0 Å². The average Bonchev–Trinajstić information content (AvgIpc) is 2.77. The van der Waals surface area contributed by atoms with Crippen molar-refractivity contribution in [2.24, 2.45) is 10.9 Å². The molecule has 176 valence electrons. The zero-order chi connectivity index (χ0) is 21.2. The Balaban J connectivity index is 0.00000341. The van der Waals surface area contributed by atoms with Crippen molar-refractivity contribution in [2.45, 2.75) is 64.3 Å². The molecule has 1 aliphatic heterocycles. The molecule has 0 radical (unpaired) electrons. The SMILES string of the molecule is CCNC(=NCCc1ccc(OC)cc1O)NC1CCN(CC2CCCCC2)CC1.I. The smallest absolute Gasteiger partial charge is 0.191 e. The predicted molar refractivity (Wildman–Crippen MR) is 139 cm³/mol. The maximum atomic E-state index is 10.1. The van der Waals surface area contributed by atoms with E-state index in [1.54, 1.807) is 13.2 Å². The molecule has 2 fully saturated rings. The number of benzene rings is 1. The van der Waals surface area contributed by atoms with E-state index in [0.29, 0.717) is 24.8 Å². The molecule has 1 heterocycles. The van der Waals surface area contributed by atoms with Gasteiger partial charge in [-0.3, -0.25) is 4.99 Å². The molecule has 0 atom stereocenters. The van der Waals surface area contributed by atoms with Gasteiger partial charge in [0.2, 0.25) is 0 Å². The summed E-state index contributed by atoms with van der Waals surface area (Å²) in [7, 11) is 1.60. The zero-order valence-electron chi connectivity index (χ0n) is 19.2. The van der Waals surface area contributed by atoms with Crippen molar-refractivity contribution in [2.75, 3.05) is 39.8 Å². The number of halogens is 1. The maximum absolute atomic E-state index is 10.1. The first-order valence-corrected chi connectivity index (χ1v) is 11.8. The third-order valence-corrected chi connectivity index (χ3v) is 6.46. The van der Waals surface area contributed by atoms with Gasteiger partial charge in [0.05, 0.1) is 7.11 Å². The number of nitrogens with one attached hydrogen (secondary N) is 2. The van der Waals surface area contributed by atoms with Gasteiger partial charge in [-0.2, -0.15) is 0 Å². The Labute approximate surface area is 205 Å². The number of methoxy groups -OCH3 is 1. The number of aromatic hydroxyl groups is 1. The number of aliphatic imine (C=N–C) groups is 1. The number of phenolic OH excluding ortho intramolecular Hbond substituents is 1. The zero-order valence-corrected chi connectivity index (χ0v) is 21.6. The lowest BCUT2D eigenvalue weighted by molar-refractivity contribution is 0.160. The highest BCUT2D eigenvalue weighted by Crippen LogP contribution is 2.26.